The molecule has 86 valence electrons. The SMILES string of the molecule is Clc1ccc(C/C=C/C2CCCCC2)cc1. The first-order valence-corrected chi connectivity index (χ1v) is 6.63. The van der Waals surface area contributed by atoms with E-state index >= 15 is 0 Å². The Morgan fingerprint density at radius 3 is 2.44 bits per heavy atom. The monoisotopic (exact) mass is 234 g/mol. The number of benzene rings is 1. The van der Waals surface area contributed by atoms with Crippen LogP contribution in [0, 0.1) is 5.92 Å². The van der Waals surface area contributed by atoms with E-state index in [1.165, 1.54) is 37.7 Å². The average molecular weight is 235 g/mol. The minimum atomic E-state index is 0.819. The number of hydrogen-bond donors (Lipinski definition) is 0. The fraction of sp³-hybridized carbons (Fsp3) is 0.467. The topological polar surface area (TPSA) is 0 Å². The van der Waals surface area contributed by atoms with Gasteiger partial charge in [0.25, 0.3) is 0 Å². The number of hydrogen-bond acceptors (Lipinski definition) is 0. The molecule has 0 aliphatic heterocycles. The Labute approximate surface area is 103 Å². The van der Waals surface area contributed by atoms with Crippen molar-refractivity contribution in [2.75, 3.05) is 0 Å². The smallest absolute Gasteiger partial charge is 0.0406 e. The van der Waals surface area contributed by atoms with Gasteiger partial charge in [-0.1, -0.05) is 55.1 Å². The van der Waals surface area contributed by atoms with Crippen LogP contribution in [0.1, 0.15) is 37.7 Å². The third-order valence-corrected chi connectivity index (χ3v) is 3.58. The molecule has 1 heteroatoms. The molecule has 1 saturated carbocycles. The van der Waals surface area contributed by atoms with Crippen molar-refractivity contribution in [3.05, 3.63) is 47.0 Å². The molecule has 0 aromatic heterocycles. The first-order chi connectivity index (χ1) is 7.84. The summed E-state index contributed by atoms with van der Waals surface area (Å²) in [6.45, 7) is 0. The summed E-state index contributed by atoms with van der Waals surface area (Å²) in [5.74, 6) is 0.834. The van der Waals surface area contributed by atoms with Crippen LogP contribution >= 0.6 is 11.6 Å². The van der Waals surface area contributed by atoms with Crippen LogP contribution in [0.25, 0.3) is 0 Å². The van der Waals surface area contributed by atoms with E-state index < -0.39 is 0 Å². The van der Waals surface area contributed by atoms with Crippen molar-refractivity contribution in [2.45, 2.75) is 38.5 Å². The van der Waals surface area contributed by atoms with E-state index in [4.69, 9.17) is 11.6 Å². The van der Waals surface area contributed by atoms with Crippen molar-refractivity contribution in [3.8, 4) is 0 Å². The van der Waals surface area contributed by atoms with Crippen molar-refractivity contribution in [2.24, 2.45) is 5.92 Å². The lowest BCUT2D eigenvalue weighted by molar-refractivity contribution is 0.419. The number of rotatable bonds is 3. The number of allylic oxidation sites excluding steroid dienone is 2. The molecule has 1 aromatic rings. The standard InChI is InChI=1S/C15H19Cl/c16-15-11-9-14(10-12-15)8-4-7-13-5-2-1-3-6-13/h4,7,9-13H,1-3,5-6,8H2/b7-4+. The normalized spacial score (nSPS) is 18.1. The molecule has 0 heterocycles. The van der Waals surface area contributed by atoms with E-state index in [0.29, 0.717) is 0 Å². The number of halogens is 1. The second kappa shape index (κ2) is 6.10. The first kappa shape index (κ1) is 11.7. The van der Waals surface area contributed by atoms with Gasteiger partial charge in [0, 0.05) is 5.02 Å². The minimum Gasteiger partial charge on any atom is -0.0851 e. The highest BCUT2D eigenvalue weighted by Crippen LogP contribution is 2.24. The summed E-state index contributed by atoms with van der Waals surface area (Å²) in [7, 11) is 0. The van der Waals surface area contributed by atoms with Gasteiger partial charge in [-0.05, 0) is 42.9 Å². The molecular formula is C15H19Cl. The molecule has 2 rings (SSSR count). The molecule has 0 nitrogen and oxygen atoms in total. The Balaban J connectivity index is 1.81. The summed E-state index contributed by atoms with van der Waals surface area (Å²) in [5.41, 5.74) is 1.34. The van der Waals surface area contributed by atoms with Gasteiger partial charge in [-0.2, -0.15) is 0 Å². The molecule has 1 aliphatic carbocycles. The maximum absolute atomic E-state index is 5.85. The predicted molar refractivity (Wildman–Crippen MR) is 70.9 cm³/mol. The van der Waals surface area contributed by atoms with Crippen molar-refractivity contribution >= 4 is 11.6 Å². The van der Waals surface area contributed by atoms with Crippen LogP contribution in [-0.2, 0) is 6.42 Å². The van der Waals surface area contributed by atoms with Gasteiger partial charge >= 0.3 is 0 Å². The molecule has 0 spiro atoms. The molecule has 1 aromatic carbocycles. The van der Waals surface area contributed by atoms with Crippen LogP contribution in [-0.4, -0.2) is 0 Å². The highest BCUT2D eigenvalue weighted by Gasteiger charge is 2.09. The molecule has 0 bridgehead atoms. The average Bonchev–Trinajstić information content (AvgIpc) is 2.33. The van der Waals surface area contributed by atoms with Gasteiger partial charge in [0.1, 0.15) is 0 Å². The van der Waals surface area contributed by atoms with E-state index in [1.54, 1.807) is 0 Å². The van der Waals surface area contributed by atoms with Gasteiger partial charge < -0.3 is 0 Å². The molecule has 0 N–H and O–H groups in total. The highest BCUT2D eigenvalue weighted by molar-refractivity contribution is 6.30. The van der Waals surface area contributed by atoms with Gasteiger partial charge in [-0.15, -0.1) is 0 Å². The van der Waals surface area contributed by atoms with E-state index in [0.717, 1.165) is 17.4 Å². The summed E-state index contributed by atoms with van der Waals surface area (Å²) in [6.07, 6.45) is 12.8. The van der Waals surface area contributed by atoms with Gasteiger partial charge in [-0.25, -0.2) is 0 Å². The van der Waals surface area contributed by atoms with Crippen molar-refractivity contribution in [1.82, 2.24) is 0 Å². The second-order valence-electron chi connectivity index (χ2n) is 4.66. The Kier molecular flexibility index (Phi) is 4.47. The van der Waals surface area contributed by atoms with Crippen LogP contribution in [0.5, 0.6) is 0 Å². The molecule has 0 amide bonds. The molecule has 1 fully saturated rings. The largest absolute Gasteiger partial charge is 0.0851 e. The fourth-order valence-electron chi connectivity index (χ4n) is 2.34. The van der Waals surface area contributed by atoms with Crippen LogP contribution < -0.4 is 0 Å². The lowest BCUT2D eigenvalue weighted by Crippen LogP contribution is -2.02. The maximum atomic E-state index is 5.85. The third kappa shape index (κ3) is 3.68. The Morgan fingerprint density at radius 2 is 1.75 bits per heavy atom. The maximum Gasteiger partial charge on any atom is 0.0406 e. The van der Waals surface area contributed by atoms with E-state index in [2.05, 4.69) is 24.3 Å². The summed E-state index contributed by atoms with van der Waals surface area (Å²) >= 11 is 5.85. The van der Waals surface area contributed by atoms with Crippen molar-refractivity contribution in [3.63, 3.8) is 0 Å². The summed E-state index contributed by atoms with van der Waals surface area (Å²) in [4.78, 5) is 0. The van der Waals surface area contributed by atoms with Gasteiger partial charge in [0.15, 0.2) is 0 Å². The van der Waals surface area contributed by atoms with Crippen LogP contribution in [0.2, 0.25) is 5.02 Å². The fourth-order valence-corrected chi connectivity index (χ4v) is 2.47. The first-order valence-electron chi connectivity index (χ1n) is 6.26. The van der Waals surface area contributed by atoms with Crippen LogP contribution in [0.3, 0.4) is 0 Å². The third-order valence-electron chi connectivity index (χ3n) is 3.32. The minimum absolute atomic E-state index is 0.819. The zero-order chi connectivity index (χ0) is 11.2. The van der Waals surface area contributed by atoms with Crippen LogP contribution in [0.4, 0.5) is 0 Å². The lowest BCUT2D eigenvalue weighted by atomic mass is 9.89. The van der Waals surface area contributed by atoms with Crippen LogP contribution in [0.15, 0.2) is 36.4 Å². The van der Waals surface area contributed by atoms with E-state index in [-0.39, 0.29) is 0 Å². The van der Waals surface area contributed by atoms with Gasteiger partial charge in [-0.3, -0.25) is 0 Å². The van der Waals surface area contributed by atoms with Gasteiger partial charge in [0.05, 0.1) is 0 Å². The summed E-state index contributed by atoms with van der Waals surface area (Å²) in [5, 5.41) is 0.819. The molecule has 0 atom stereocenters. The molecule has 0 saturated heterocycles. The summed E-state index contributed by atoms with van der Waals surface area (Å²) < 4.78 is 0. The van der Waals surface area contributed by atoms with Crippen molar-refractivity contribution in [1.29, 1.82) is 0 Å². The zero-order valence-electron chi connectivity index (χ0n) is 9.66. The van der Waals surface area contributed by atoms with Gasteiger partial charge in [0.2, 0.25) is 0 Å². The Hall–Kier alpha value is -0.750. The molecule has 0 radical (unpaired) electrons. The Morgan fingerprint density at radius 1 is 1.06 bits per heavy atom. The molecule has 16 heavy (non-hydrogen) atoms. The molecule has 1 aliphatic rings. The van der Waals surface area contributed by atoms with Crippen molar-refractivity contribution < 1.29 is 0 Å². The predicted octanol–water partition coefficient (Wildman–Crippen LogP) is 5.02. The van der Waals surface area contributed by atoms with E-state index in [1.807, 2.05) is 12.1 Å². The molecular weight excluding hydrogens is 216 g/mol. The van der Waals surface area contributed by atoms with E-state index in [9.17, 15) is 0 Å². The summed E-state index contributed by atoms with van der Waals surface area (Å²) in [6, 6.07) is 8.14. The quantitative estimate of drug-likeness (QED) is 0.645. The second-order valence-corrected chi connectivity index (χ2v) is 5.09. The Bertz CT molecular complexity index is 331. The molecule has 0 unspecified atom stereocenters. The highest BCUT2D eigenvalue weighted by atomic mass is 35.5. The zero-order valence-corrected chi connectivity index (χ0v) is 10.4. The lowest BCUT2D eigenvalue weighted by Gasteiger charge is -2.17.